The zero-order valence-corrected chi connectivity index (χ0v) is 19.6. The lowest BCUT2D eigenvalue weighted by atomic mass is 10.1. The van der Waals surface area contributed by atoms with Crippen molar-refractivity contribution in [1.82, 2.24) is 9.80 Å². The van der Waals surface area contributed by atoms with E-state index in [0.29, 0.717) is 30.9 Å². The van der Waals surface area contributed by atoms with Gasteiger partial charge in [-0.2, -0.15) is 11.3 Å². The van der Waals surface area contributed by atoms with Crippen molar-refractivity contribution in [2.45, 2.75) is 13.1 Å². The van der Waals surface area contributed by atoms with Gasteiger partial charge < -0.3 is 14.4 Å². The highest BCUT2D eigenvalue weighted by molar-refractivity contribution is 7.07. The van der Waals surface area contributed by atoms with Gasteiger partial charge >= 0.3 is 0 Å². The Morgan fingerprint density at radius 2 is 1.65 bits per heavy atom. The number of hydrogen-bond acceptors (Lipinski definition) is 7. The number of rotatable bonds is 5. The van der Waals surface area contributed by atoms with E-state index in [9.17, 15) is 9.59 Å². The van der Waals surface area contributed by atoms with Crippen LogP contribution in [-0.2, 0) is 13.1 Å². The quantitative estimate of drug-likeness (QED) is 0.525. The Bertz CT molecular complexity index is 1230. The maximum absolute atomic E-state index is 13.3. The Morgan fingerprint density at radius 1 is 0.824 bits per heavy atom. The van der Waals surface area contributed by atoms with Gasteiger partial charge in [0.1, 0.15) is 13.2 Å². The summed E-state index contributed by atoms with van der Waals surface area (Å²) in [5.41, 5.74) is 4.10. The number of carbonyl (C=O) groups excluding carboxylic acids is 2. The number of amides is 2. The summed E-state index contributed by atoms with van der Waals surface area (Å²) in [5.74, 6) is 1.23. The zero-order chi connectivity index (χ0) is 23.1. The fourth-order valence-electron chi connectivity index (χ4n) is 4.88. The van der Waals surface area contributed by atoms with Crippen molar-refractivity contribution < 1.29 is 19.1 Å². The Hall–Kier alpha value is -3.36. The summed E-state index contributed by atoms with van der Waals surface area (Å²) in [4.78, 5) is 32.3. The molecule has 3 aliphatic heterocycles. The second-order valence-electron chi connectivity index (χ2n) is 8.77. The summed E-state index contributed by atoms with van der Waals surface area (Å²) in [6.07, 6.45) is 0. The van der Waals surface area contributed by atoms with Gasteiger partial charge in [0.15, 0.2) is 11.5 Å². The largest absolute Gasteiger partial charge is 0.486 e. The van der Waals surface area contributed by atoms with Gasteiger partial charge in [0.25, 0.3) is 11.8 Å². The number of benzene rings is 2. The maximum atomic E-state index is 13.3. The molecule has 3 aliphatic rings. The molecule has 0 N–H and O–H groups in total. The van der Waals surface area contributed by atoms with E-state index in [1.165, 1.54) is 10.5 Å². The minimum atomic E-state index is -0.203. The van der Waals surface area contributed by atoms with Crippen molar-refractivity contribution in [3.05, 3.63) is 75.5 Å². The van der Waals surface area contributed by atoms with E-state index in [1.54, 1.807) is 17.4 Å². The summed E-state index contributed by atoms with van der Waals surface area (Å²) < 4.78 is 11.3. The van der Waals surface area contributed by atoms with Gasteiger partial charge in [-0.15, -0.1) is 0 Å². The molecule has 174 valence electrons. The summed E-state index contributed by atoms with van der Waals surface area (Å²) in [6, 6.07) is 13.7. The van der Waals surface area contributed by atoms with Gasteiger partial charge in [-0.05, 0) is 52.2 Å². The van der Waals surface area contributed by atoms with Crippen molar-refractivity contribution in [2.24, 2.45) is 0 Å². The minimum Gasteiger partial charge on any atom is -0.486 e. The second-order valence-corrected chi connectivity index (χ2v) is 9.55. The molecule has 1 aromatic heterocycles. The predicted octanol–water partition coefficient (Wildman–Crippen LogP) is 3.64. The molecule has 1 saturated heterocycles. The third kappa shape index (κ3) is 3.82. The van der Waals surface area contributed by atoms with Crippen LogP contribution in [0.1, 0.15) is 31.8 Å². The van der Waals surface area contributed by atoms with Crippen molar-refractivity contribution in [3.63, 3.8) is 0 Å². The van der Waals surface area contributed by atoms with Crippen LogP contribution in [0.25, 0.3) is 0 Å². The molecule has 2 aromatic carbocycles. The van der Waals surface area contributed by atoms with Gasteiger partial charge in [0.05, 0.1) is 23.4 Å². The lowest BCUT2D eigenvalue weighted by Crippen LogP contribution is -2.46. The van der Waals surface area contributed by atoms with Gasteiger partial charge in [-0.1, -0.05) is 12.1 Å². The Labute approximate surface area is 202 Å². The molecule has 0 aliphatic carbocycles. The third-order valence-corrected chi connectivity index (χ3v) is 7.36. The van der Waals surface area contributed by atoms with E-state index < -0.39 is 0 Å². The Morgan fingerprint density at radius 3 is 2.44 bits per heavy atom. The van der Waals surface area contributed by atoms with Crippen LogP contribution < -0.4 is 14.4 Å². The second kappa shape index (κ2) is 8.77. The number of carbonyl (C=O) groups is 2. The highest BCUT2D eigenvalue weighted by Gasteiger charge is 2.38. The molecule has 1 fully saturated rings. The van der Waals surface area contributed by atoms with E-state index in [-0.39, 0.29) is 11.8 Å². The molecule has 0 radical (unpaired) electrons. The number of thiophene rings is 1. The zero-order valence-electron chi connectivity index (χ0n) is 18.7. The van der Waals surface area contributed by atoms with Gasteiger partial charge in [-0.25, -0.2) is 0 Å². The SMILES string of the molecule is O=C1c2cccc(N3CCN(Cc4ccc5c(c4)OCCO5)CC3)c2C(=O)N1Cc1ccsc1. The molecule has 6 rings (SSSR count). The van der Waals surface area contributed by atoms with E-state index >= 15 is 0 Å². The fraction of sp³-hybridized carbons (Fsp3) is 0.308. The van der Waals surface area contributed by atoms with E-state index in [0.717, 1.165) is 55.5 Å². The van der Waals surface area contributed by atoms with Crippen LogP contribution in [0.3, 0.4) is 0 Å². The number of anilines is 1. The van der Waals surface area contributed by atoms with E-state index in [2.05, 4.69) is 21.9 Å². The maximum Gasteiger partial charge on any atom is 0.263 e. The van der Waals surface area contributed by atoms with Crippen LogP contribution in [0.4, 0.5) is 5.69 Å². The van der Waals surface area contributed by atoms with Crippen molar-refractivity contribution in [3.8, 4) is 11.5 Å². The van der Waals surface area contributed by atoms with Crippen molar-refractivity contribution in [1.29, 1.82) is 0 Å². The van der Waals surface area contributed by atoms with Crippen LogP contribution in [0.2, 0.25) is 0 Å². The molecule has 0 saturated carbocycles. The number of piperazine rings is 1. The third-order valence-electron chi connectivity index (χ3n) is 6.62. The average Bonchev–Trinajstić information content (AvgIpc) is 3.47. The Balaban J connectivity index is 1.15. The van der Waals surface area contributed by atoms with Crippen LogP contribution in [0.5, 0.6) is 11.5 Å². The summed E-state index contributed by atoms with van der Waals surface area (Å²) in [6.45, 7) is 5.68. The highest BCUT2D eigenvalue weighted by atomic mass is 32.1. The molecule has 3 aromatic rings. The number of hydrogen-bond donors (Lipinski definition) is 0. The number of nitrogens with zero attached hydrogens (tertiary/aromatic N) is 3. The number of imide groups is 1. The first-order valence-corrected chi connectivity index (χ1v) is 12.5. The smallest absolute Gasteiger partial charge is 0.263 e. The molecule has 0 unspecified atom stereocenters. The van der Waals surface area contributed by atoms with Crippen LogP contribution in [0.15, 0.2) is 53.2 Å². The summed E-state index contributed by atoms with van der Waals surface area (Å²) in [5, 5.41) is 3.94. The normalized spacial score (nSPS) is 17.9. The molecule has 7 nitrogen and oxygen atoms in total. The number of ether oxygens (including phenoxy) is 2. The molecule has 0 bridgehead atoms. The van der Waals surface area contributed by atoms with E-state index in [1.807, 2.05) is 35.0 Å². The summed E-state index contributed by atoms with van der Waals surface area (Å²) in [7, 11) is 0. The van der Waals surface area contributed by atoms with E-state index in [4.69, 9.17) is 9.47 Å². The van der Waals surface area contributed by atoms with Crippen molar-refractivity contribution in [2.75, 3.05) is 44.3 Å². The van der Waals surface area contributed by atoms with Gasteiger partial charge in [-0.3, -0.25) is 19.4 Å². The fourth-order valence-corrected chi connectivity index (χ4v) is 5.54. The Kier molecular flexibility index (Phi) is 5.47. The van der Waals surface area contributed by atoms with Crippen LogP contribution in [-0.4, -0.2) is 61.0 Å². The molecular weight excluding hydrogens is 450 g/mol. The molecule has 8 heteroatoms. The van der Waals surface area contributed by atoms with Gasteiger partial charge in [0, 0.05) is 32.7 Å². The topological polar surface area (TPSA) is 62.3 Å². The lowest BCUT2D eigenvalue weighted by molar-refractivity contribution is 0.0642. The van der Waals surface area contributed by atoms with Crippen LogP contribution >= 0.6 is 11.3 Å². The standard InChI is InChI=1S/C26H25N3O4S/c30-25-20-2-1-3-21(24(20)26(31)29(25)16-19-6-13-34-17-19)28-9-7-27(8-10-28)15-18-4-5-22-23(14-18)33-12-11-32-22/h1-6,13-14,17H,7-12,15-16H2. The van der Waals surface area contributed by atoms with Gasteiger partial charge in [0.2, 0.25) is 0 Å². The molecule has 2 amide bonds. The molecule has 0 spiro atoms. The molecule has 34 heavy (non-hydrogen) atoms. The monoisotopic (exact) mass is 475 g/mol. The molecular formula is C26H25N3O4S. The lowest BCUT2D eigenvalue weighted by Gasteiger charge is -2.36. The average molecular weight is 476 g/mol. The van der Waals surface area contributed by atoms with Crippen LogP contribution in [0, 0.1) is 0 Å². The minimum absolute atomic E-state index is 0.194. The predicted molar refractivity (Wildman–Crippen MR) is 130 cm³/mol. The first kappa shape index (κ1) is 21.2. The number of fused-ring (bicyclic) bond motifs is 2. The molecule has 0 atom stereocenters. The summed E-state index contributed by atoms with van der Waals surface area (Å²) >= 11 is 1.57. The highest BCUT2D eigenvalue weighted by Crippen LogP contribution is 2.34. The first-order chi connectivity index (χ1) is 16.7. The first-order valence-electron chi connectivity index (χ1n) is 11.5. The van der Waals surface area contributed by atoms with Crippen molar-refractivity contribution >= 4 is 28.8 Å². The molecule has 4 heterocycles.